The van der Waals surface area contributed by atoms with Gasteiger partial charge in [0.05, 0.1) is 42.6 Å². The third-order valence-electron chi connectivity index (χ3n) is 12.3. The zero-order valence-corrected chi connectivity index (χ0v) is 35.8. The molecule has 0 bridgehead atoms. The molecule has 0 unspecified atom stereocenters. The van der Waals surface area contributed by atoms with E-state index in [2.05, 4.69) is 16.0 Å². The first-order valence-electron chi connectivity index (χ1n) is 20.9. The van der Waals surface area contributed by atoms with Crippen molar-refractivity contribution in [2.45, 2.75) is 114 Å². The van der Waals surface area contributed by atoms with Crippen molar-refractivity contribution in [1.82, 2.24) is 16.0 Å². The van der Waals surface area contributed by atoms with Crippen LogP contribution in [-0.4, -0.2) is 153 Å². The highest BCUT2D eigenvalue weighted by Crippen LogP contribution is 2.57. The number of aliphatic hydroxyl groups is 5. The summed E-state index contributed by atoms with van der Waals surface area (Å²) in [6, 6.07) is 2.95. The minimum atomic E-state index is -1.87. The number of aryl methyl sites for hydroxylation is 1. The summed E-state index contributed by atoms with van der Waals surface area (Å²) in [4.78, 5) is 55.1. The Morgan fingerprint density at radius 2 is 1.53 bits per heavy atom. The molecular formula is C44H53N3O17. The van der Waals surface area contributed by atoms with Crippen molar-refractivity contribution in [3.05, 3.63) is 68.8 Å². The van der Waals surface area contributed by atoms with Crippen LogP contribution in [0, 0.1) is 6.92 Å². The SMILES string of the molecule is CCCCNC(=O)[C@@H](C)NC(=O)c1c(C)cc2c(c1O)-c1c(cc3c(c1O)C(=O)c1cc(OC)cc(O)c1C3=O)[C@H](O)[C@H]2O[C@@H]1O[C@H](C)[C@H](NC)[C@H](O[C@@H]2OC[C@@H](O)[C@H](O)[C@H]2O)[C@H]1O. The van der Waals surface area contributed by atoms with Crippen molar-refractivity contribution in [2.24, 2.45) is 0 Å². The number of fused-ring (bicyclic) bond motifs is 5. The Hall–Kier alpha value is -5.26. The van der Waals surface area contributed by atoms with Gasteiger partial charge in [0.25, 0.3) is 5.91 Å². The highest BCUT2D eigenvalue weighted by atomic mass is 16.7. The molecule has 20 nitrogen and oxygen atoms in total. The van der Waals surface area contributed by atoms with E-state index in [0.29, 0.717) is 13.0 Å². The number of methoxy groups -OCH3 is 1. The highest BCUT2D eigenvalue weighted by Gasteiger charge is 2.51. The van der Waals surface area contributed by atoms with Gasteiger partial charge >= 0.3 is 0 Å². The number of benzene rings is 3. The van der Waals surface area contributed by atoms with Crippen LogP contribution in [0.2, 0.25) is 0 Å². The largest absolute Gasteiger partial charge is 0.507 e. The maximum atomic E-state index is 14.2. The maximum Gasteiger partial charge on any atom is 0.255 e. The number of likely N-dealkylation sites (N-methyl/N-ethyl adjacent to an activating group) is 1. The fourth-order valence-corrected chi connectivity index (χ4v) is 8.84. The smallest absolute Gasteiger partial charge is 0.255 e. The molecule has 0 aromatic heterocycles. The summed E-state index contributed by atoms with van der Waals surface area (Å²) < 4.78 is 29.2. The number of rotatable bonds is 12. The average molecular weight is 896 g/mol. The van der Waals surface area contributed by atoms with Gasteiger partial charge in [-0.15, -0.1) is 0 Å². The average Bonchev–Trinajstić information content (AvgIpc) is 3.25. The van der Waals surface area contributed by atoms with Crippen molar-refractivity contribution >= 4 is 23.4 Å². The molecule has 0 radical (unpaired) electrons. The minimum Gasteiger partial charge on any atom is -0.507 e. The van der Waals surface area contributed by atoms with E-state index >= 15 is 0 Å². The van der Waals surface area contributed by atoms with Gasteiger partial charge < -0.3 is 80.5 Å². The fraction of sp³-hybridized carbons (Fsp3) is 0.500. The molecule has 12 atom stereocenters. The summed E-state index contributed by atoms with van der Waals surface area (Å²) in [6.07, 6.45) is -13.9. The van der Waals surface area contributed by atoms with Gasteiger partial charge in [-0.25, -0.2) is 0 Å². The molecule has 2 aliphatic heterocycles. The first kappa shape index (κ1) is 46.7. The normalized spacial score (nSPS) is 28.9. The van der Waals surface area contributed by atoms with Gasteiger partial charge in [0, 0.05) is 34.9 Å². The number of aromatic hydroxyl groups is 3. The lowest BCUT2D eigenvalue weighted by molar-refractivity contribution is -0.339. The molecule has 0 spiro atoms. The number of unbranched alkanes of at least 4 members (excludes halogenated alkanes) is 1. The fourth-order valence-electron chi connectivity index (χ4n) is 8.84. The van der Waals surface area contributed by atoms with E-state index in [9.17, 15) is 60.0 Å². The van der Waals surface area contributed by atoms with Crippen molar-refractivity contribution in [3.63, 3.8) is 0 Å². The van der Waals surface area contributed by atoms with Crippen LogP contribution >= 0.6 is 0 Å². The van der Waals surface area contributed by atoms with Crippen molar-refractivity contribution < 1.29 is 83.7 Å². The molecular weight excluding hydrogens is 842 g/mol. The number of ketones is 2. The van der Waals surface area contributed by atoms with Crippen LogP contribution in [0.3, 0.4) is 0 Å². The molecule has 3 aromatic carbocycles. The van der Waals surface area contributed by atoms with Crippen LogP contribution in [0.25, 0.3) is 11.1 Å². The summed E-state index contributed by atoms with van der Waals surface area (Å²) in [5, 5.41) is 98.6. The van der Waals surface area contributed by atoms with Gasteiger partial charge in [-0.3, -0.25) is 19.2 Å². The first-order chi connectivity index (χ1) is 30.4. The lowest BCUT2D eigenvalue weighted by atomic mass is 9.74. The summed E-state index contributed by atoms with van der Waals surface area (Å²) in [5.74, 6) is -5.39. The van der Waals surface area contributed by atoms with Crippen molar-refractivity contribution in [1.29, 1.82) is 0 Å². The number of carbonyl (C=O) groups is 4. The van der Waals surface area contributed by atoms with Crippen molar-refractivity contribution in [3.8, 4) is 34.1 Å². The van der Waals surface area contributed by atoms with Crippen molar-refractivity contribution in [2.75, 3.05) is 27.3 Å². The number of hydrogen-bond acceptors (Lipinski definition) is 18. The van der Waals surface area contributed by atoms with Crippen LogP contribution in [0.1, 0.15) is 105 Å². The molecule has 11 N–H and O–H groups in total. The van der Waals surface area contributed by atoms with E-state index in [1.165, 1.54) is 33.1 Å². The van der Waals surface area contributed by atoms with Crippen LogP contribution < -0.4 is 20.7 Å². The number of ether oxygens (including phenoxy) is 5. The Balaban J connectivity index is 1.34. The molecule has 64 heavy (non-hydrogen) atoms. The van der Waals surface area contributed by atoms with Gasteiger partial charge in [-0.1, -0.05) is 19.4 Å². The molecule has 2 aliphatic carbocycles. The van der Waals surface area contributed by atoms with E-state index in [1.807, 2.05) is 6.92 Å². The third-order valence-corrected chi connectivity index (χ3v) is 12.3. The predicted octanol–water partition coefficient (Wildman–Crippen LogP) is 0.220. The molecule has 2 amide bonds. The lowest BCUT2D eigenvalue weighted by Gasteiger charge is -2.47. The second-order valence-electron chi connectivity index (χ2n) is 16.4. The number of hydrogen-bond donors (Lipinski definition) is 11. The summed E-state index contributed by atoms with van der Waals surface area (Å²) in [5.41, 5.74) is -2.90. The highest BCUT2D eigenvalue weighted by molar-refractivity contribution is 6.31. The van der Waals surface area contributed by atoms with Gasteiger partial charge in [0.15, 0.2) is 24.1 Å². The Labute approximate surface area is 366 Å². The number of amides is 2. The zero-order chi connectivity index (χ0) is 46.6. The van der Waals surface area contributed by atoms with Crippen LogP contribution in [0.4, 0.5) is 0 Å². The zero-order valence-electron chi connectivity index (χ0n) is 35.8. The second-order valence-corrected chi connectivity index (χ2v) is 16.4. The molecule has 2 fully saturated rings. The quantitative estimate of drug-likeness (QED) is 0.0848. The Morgan fingerprint density at radius 3 is 2.20 bits per heavy atom. The number of carbonyl (C=O) groups excluding carboxylic acids is 4. The lowest BCUT2D eigenvalue weighted by Crippen LogP contribution is -2.65. The van der Waals surface area contributed by atoms with E-state index in [1.54, 1.807) is 14.0 Å². The summed E-state index contributed by atoms with van der Waals surface area (Å²) in [7, 11) is 2.83. The first-order valence-corrected chi connectivity index (χ1v) is 20.9. The predicted molar refractivity (Wildman–Crippen MR) is 221 cm³/mol. The second kappa shape index (κ2) is 18.3. The van der Waals surface area contributed by atoms with E-state index < -0.39 is 137 Å². The third kappa shape index (κ3) is 7.97. The van der Waals surface area contributed by atoms with Gasteiger partial charge in [-0.2, -0.15) is 0 Å². The van der Waals surface area contributed by atoms with E-state index in [-0.39, 0.29) is 44.7 Å². The standard InChI is InChI=1S/C44H53N3O17/c1-7-8-9-46-41(58)16(3)47-42(59)25-15(2)10-22-28(35(25)54)27-20(13-21-29(36(27)55)32(51)19-11-18(60-6)12-23(48)26(19)31(21)50)33(52)39(22)63-44-38(57)40(30(45-5)17(4)62-44)64-43-37(56)34(53)24(49)14-61-43/h10-13,16-17,24,30,33-34,37-40,43-45,48-49,52-57H,7-9,14H2,1-6H3,(H,46,58)(H,47,59)/t16-,17-,24-,30+,33+,34+,37-,38-,39+,40+,43+,44+/m1/s1. The van der Waals surface area contributed by atoms with Crippen LogP contribution in [0.15, 0.2) is 24.3 Å². The van der Waals surface area contributed by atoms with Gasteiger partial charge in [-0.05, 0) is 63.1 Å². The molecule has 346 valence electrons. The molecule has 20 heteroatoms. The monoisotopic (exact) mass is 895 g/mol. The van der Waals surface area contributed by atoms with E-state index in [0.717, 1.165) is 18.6 Å². The van der Waals surface area contributed by atoms with E-state index in [4.69, 9.17) is 23.7 Å². The molecule has 4 aliphatic rings. The minimum absolute atomic E-state index is 0.0325. The molecule has 2 heterocycles. The van der Waals surface area contributed by atoms with Crippen LogP contribution in [-0.2, 0) is 23.7 Å². The number of phenolic OH excluding ortho intramolecular Hbond substituents is 3. The molecule has 2 saturated heterocycles. The molecule has 0 saturated carbocycles. The maximum absolute atomic E-state index is 14.2. The Morgan fingerprint density at radius 1 is 0.859 bits per heavy atom. The topological polar surface area (TPSA) is 312 Å². The summed E-state index contributed by atoms with van der Waals surface area (Å²) >= 11 is 0. The molecule has 7 rings (SSSR count). The summed E-state index contributed by atoms with van der Waals surface area (Å²) in [6.45, 7) is 6.43. The number of nitrogens with one attached hydrogen (secondary N) is 3. The van der Waals surface area contributed by atoms with Gasteiger partial charge in [0.2, 0.25) is 5.91 Å². The van der Waals surface area contributed by atoms with Crippen LogP contribution in [0.5, 0.6) is 23.0 Å². The number of aliphatic hydroxyl groups excluding tert-OH is 5. The number of phenols is 3. The Kier molecular flexibility index (Phi) is 13.4. The molecule has 3 aromatic rings. The Bertz CT molecular complexity index is 2360. The van der Waals surface area contributed by atoms with Gasteiger partial charge in [0.1, 0.15) is 71.8 Å².